The summed E-state index contributed by atoms with van der Waals surface area (Å²) < 4.78 is 38.8. The van der Waals surface area contributed by atoms with Crippen molar-refractivity contribution >= 4 is 29.3 Å². The number of carbonyl (C=O) groups excluding carboxylic acids is 2. The maximum absolute atomic E-state index is 12.5. The smallest absolute Gasteiger partial charge is 0.387 e. The lowest BCUT2D eigenvalue weighted by atomic mass is 10.1. The predicted octanol–water partition coefficient (Wildman–Crippen LogP) is 3.27. The summed E-state index contributed by atoms with van der Waals surface area (Å²) in [5.74, 6) is -2.16. The first-order valence-electron chi connectivity index (χ1n) is 8.74. The van der Waals surface area contributed by atoms with Gasteiger partial charge in [0, 0.05) is 23.3 Å². The van der Waals surface area contributed by atoms with E-state index in [-0.39, 0.29) is 5.75 Å². The van der Waals surface area contributed by atoms with Crippen LogP contribution >= 0.6 is 11.8 Å². The highest BCUT2D eigenvalue weighted by Crippen LogP contribution is 2.36. The lowest BCUT2D eigenvalue weighted by molar-refractivity contribution is -0.385. The number of thioether (sulfide) groups is 1. The number of nitro benzene ring substituents is 1. The van der Waals surface area contributed by atoms with Crippen LogP contribution in [0.15, 0.2) is 47.4 Å². The van der Waals surface area contributed by atoms with Gasteiger partial charge in [0.25, 0.3) is 11.6 Å². The fraction of sp³-hybridized carbons (Fsp3) is 0.263. The van der Waals surface area contributed by atoms with Gasteiger partial charge in [0.05, 0.1) is 18.1 Å². The van der Waals surface area contributed by atoms with Crippen molar-refractivity contribution in [3.63, 3.8) is 0 Å². The highest BCUT2D eigenvalue weighted by atomic mass is 32.2. The number of amides is 1. The molecule has 0 unspecified atom stereocenters. The summed E-state index contributed by atoms with van der Waals surface area (Å²) in [6, 6.07) is 11.0. The van der Waals surface area contributed by atoms with E-state index in [0.717, 1.165) is 18.1 Å². The molecule has 0 heterocycles. The number of rotatable bonds is 11. The van der Waals surface area contributed by atoms with Gasteiger partial charge in [-0.05, 0) is 12.1 Å². The van der Waals surface area contributed by atoms with Gasteiger partial charge >= 0.3 is 12.6 Å². The molecule has 12 heteroatoms. The molecular formula is C19H18F2N2O7S. The van der Waals surface area contributed by atoms with Crippen LogP contribution < -0.4 is 14.8 Å². The average Bonchev–Trinajstić information content (AvgIpc) is 2.75. The predicted molar refractivity (Wildman–Crippen MR) is 107 cm³/mol. The van der Waals surface area contributed by atoms with Crippen molar-refractivity contribution in [1.29, 1.82) is 0 Å². The second-order valence-corrected chi connectivity index (χ2v) is 6.91. The lowest BCUT2D eigenvalue weighted by Gasteiger charge is -2.12. The van der Waals surface area contributed by atoms with Gasteiger partial charge in [-0.1, -0.05) is 18.2 Å². The van der Waals surface area contributed by atoms with Crippen LogP contribution in [0, 0.1) is 10.1 Å². The Bertz CT molecular complexity index is 929. The fourth-order valence-corrected chi connectivity index (χ4v) is 3.14. The SMILES string of the molecule is COc1cc(C(=O)OCC(=O)NCCSc2ccccc2)c([N+](=O)[O-])cc1OC(F)F. The number of hydrogen-bond acceptors (Lipinski definition) is 8. The second-order valence-electron chi connectivity index (χ2n) is 5.74. The van der Waals surface area contributed by atoms with Gasteiger partial charge in [0.15, 0.2) is 18.1 Å². The summed E-state index contributed by atoms with van der Waals surface area (Å²) in [6.45, 7) is -3.62. The largest absolute Gasteiger partial charge is 0.493 e. The molecular weight excluding hydrogens is 438 g/mol. The number of esters is 1. The van der Waals surface area contributed by atoms with E-state index < -0.39 is 47.0 Å². The number of carbonyl (C=O) groups is 2. The summed E-state index contributed by atoms with van der Waals surface area (Å²) in [5, 5.41) is 13.8. The van der Waals surface area contributed by atoms with E-state index >= 15 is 0 Å². The first-order chi connectivity index (χ1) is 14.8. The van der Waals surface area contributed by atoms with Crippen molar-refractivity contribution in [3.05, 3.63) is 58.1 Å². The summed E-state index contributed by atoms with van der Waals surface area (Å²) in [4.78, 5) is 35.4. The Kier molecular flexibility index (Phi) is 9.00. The Balaban J connectivity index is 1.94. The van der Waals surface area contributed by atoms with Crippen LogP contribution in [0.25, 0.3) is 0 Å². The molecule has 166 valence electrons. The molecule has 1 N–H and O–H groups in total. The third-order valence-corrected chi connectivity index (χ3v) is 4.70. The summed E-state index contributed by atoms with van der Waals surface area (Å²) in [6.07, 6.45) is 0. The third-order valence-electron chi connectivity index (χ3n) is 3.69. The van der Waals surface area contributed by atoms with Crippen LogP contribution in [0.4, 0.5) is 14.5 Å². The monoisotopic (exact) mass is 456 g/mol. The first kappa shape index (κ1) is 23.9. The maximum atomic E-state index is 12.5. The minimum atomic E-state index is -3.25. The number of nitro groups is 1. The van der Waals surface area contributed by atoms with E-state index in [2.05, 4.69) is 10.1 Å². The van der Waals surface area contributed by atoms with Gasteiger partial charge < -0.3 is 19.5 Å². The molecule has 0 radical (unpaired) electrons. The van der Waals surface area contributed by atoms with Crippen LogP contribution in [-0.2, 0) is 9.53 Å². The van der Waals surface area contributed by atoms with Gasteiger partial charge in [-0.15, -0.1) is 11.8 Å². The number of alkyl halides is 2. The molecule has 0 aromatic heterocycles. The molecule has 9 nitrogen and oxygen atoms in total. The van der Waals surface area contributed by atoms with E-state index in [1.165, 1.54) is 11.8 Å². The number of nitrogens with one attached hydrogen (secondary N) is 1. The zero-order valence-electron chi connectivity index (χ0n) is 16.2. The van der Waals surface area contributed by atoms with E-state index in [1.807, 2.05) is 30.3 Å². The summed E-state index contributed by atoms with van der Waals surface area (Å²) in [7, 11) is 1.11. The Morgan fingerprint density at radius 1 is 1.19 bits per heavy atom. The molecule has 0 atom stereocenters. The van der Waals surface area contributed by atoms with E-state index in [9.17, 15) is 28.5 Å². The molecule has 31 heavy (non-hydrogen) atoms. The fourth-order valence-electron chi connectivity index (χ4n) is 2.35. The molecule has 2 rings (SSSR count). The summed E-state index contributed by atoms with van der Waals surface area (Å²) >= 11 is 1.52. The van der Waals surface area contributed by atoms with Crippen molar-refractivity contribution in [1.82, 2.24) is 5.32 Å². The highest BCUT2D eigenvalue weighted by Gasteiger charge is 2.27. The molecule has 0 aliphatic rings. The van der Waals surface area contributed by atoms with Crippen LogP contribution in [-0.4, -0.2) is 49.4 Å². The Morgan fingerprint density at radius 2 is 1.90 bits per heavy atom. The zero-order valence-corrected chi connectivity index (χ0v) is 17.0. The normalized spacial score (nSPS) is 10.5. The molecule has 0 saturated carbocycles. The quantitative estimate of drug-likeness (QED) is 0.180. The molecule has 0 aliphatic heterocycles. The van der Waals surface area contributed by atoms with Gasteiger partial charge in [0.1, 0.15) is 5.56 Å². The van der Waals surface area contributed by atoms with Crippen molar-refractivity contribution < 1.29 is 37.5 Å². The number of methoxy groups -OCH3 is 1. The maximum Gasteiger partial charge on any atom is 0.387 e. The van der Waals surface area contributed by atoms with Crippen LogP contribution in [0.5, 0.6) is 11.5 Å². The Morgan fingerprint density at radius 3 is 2.52 bits per heavy atom. The van der Waals surface area contributed by atoms with Crippen molar-refractivity contribution in [2.45, 2.75) is 11.5 Å². The third kappa shape index (κ3) is 7.41. The van der Waals surface area contributed by atoms with Crippen molar-refractivity contribution in [2.75, 3.05) is 26.0 Å². The van der Waals surface area contributed by atoms with Gasteiger partial charge in [-0.3, -0.25) is 14.9 Å². The standard InChI is InChI=1S/C19H18F2N2O7S/c1-28-15-9-13(14(23(26)27)10-16(15)30-19(20)21)18(25)29-11-17(24)22-7-8-31-12-5-3-2-4-6-12/h2-6,9-10,19H,7-8,11H2,1H3,(H,22,24). The van der Waals surface area contributed by atoms with Crippen LogP contribution in [0.1, 0.15) is 10.4 Å². The molecule has 2 aromatic rings. The number of nitrogens with zero attached hydrogens (tertiary/aromatic N) is 1. The topological polar surface area (TPSA) is 117 Å². The summed E-state index contributed by atoms with van der Waals surface area (Å²) in [5.41, 5.74) is -1.41. The van der Waals surface area contributed by atoms with Gasteiger partial charge in [0.2, 0.25) is 0 Å². The molecule has 2 aromatic carbocycles. The number of ether oxygens (including phenoxy) is 3. The number of hydrogen-bond donors (Lipinski definition) is 1. The van der Waals surface area contributed by atoms with E-state index in [0.29, 0.717) is 18.4 Å². The van der Waals surface area contributed by atoms with Gasteiger partial charge in [-0.2, -0.15) is 8.78 Å². The Labute approximate surface area is 179 Å². The average molecular weight is 456 g/mol. The van der Waals surface area contributed by atoms with Gasteiger partial charge in [-0.25, -0.2) is 4.79 Å². The molecule has 0 spiro atoms. The number of benzene rings is 2. The Hall–Kier alpha value is -3.41. The molecule has 0 aliphatic carbocycles. The molecule has 0 saturated heterocycles. The lowest BCUT2D eigenvalue weighted by Crippen LogP contribution is -2.30. The zero-order chi connectivity index (χ0) is 22.8. The molecule has 0 fully saturated rings. The van der Waals surface area contributed by atoms with E-state index in [1.54, 1.807) is 0 Å². The highest BCUT2D eigenvalue weighted by molar-refractivity contribution is 7.99. The van der Waals surface area contributed by atoms with Crippen molar-refractivity contribution in [3.8, 4) is 11.5 Å². The minimum absolute atomic E-state index is 0.309. The molecule has 0 bridgehead atoms. The minimum Gasteiger partial charge on any atom is -0.493 e. The van der Waals surface area contributed by atoms with E-state index in [4.69, 9.17) is 9.47 Å². The van der Waals surface area contributed by atoms with Crippen LogP contribution in [0.3, 0.4) is 0 Å². The van der Waals surface area contributed by atoms with Crippen LogP contribution in [0.2, 0.25) is 0 Å². The molecule has 1 amide bonds. The van der Waals surface area contributed by atoms with Crippen molar-refractivity contribution in [2.24, 2.45) is 0 Å². The first-order valence-corrected chi connectivity index (χ1v) is 9.73. The number of halogens is 2. The second kappa shape index (κ2) is 11.7.